The van der Waals surface area contributed by atoms with Gasteiger partial charge in [0.1, 0.15) is 17.5 Å². The Balaban J connectivity index is 2.04. The first-order valence-electron chi connectivity index (χ1n) is 7.76. The Labute approximate surface area is 148 Å². The van der Waals surface area contributed by atoms with E-state index in [0.29, 0.717) is 24.3 Å². The second-order valence-electron chi connectivity index (χ2n) is 5.80. The lowest BCUT2D eigenvalue weighted by molar-refractivity contribution is 0.0685. The van der Waals surface area contributed by atoms with E-state index in [9.17, 15) is 15.2 Å². The maximum absolute atomic E-state index is 11.7. The van der Waals surface area contributed by atoms with Gasteiger partial charge in [0.25, 0.3) is 0 Å². The normalized spacial score (nSPS) is 12.2. The van der Waals surface area contributed by atoms with Crippen molar-refractivity contribution in [2.45, 2.75) is 13.0 Å². The number of fused-ring (bicyclic) bond motifs is 3. The number of nitrogens with zero attached hydrogens (tertiary/aromatic N) is 2. The van der Waals surface area contributed by atoms with E-state index in [1.165, 1.54) is 0 Å². The van der Waals surface area contributed by atoms with Gasteiger partial charge in [-0.25, -0.2) is 4.79 Å². The van der Waals surface area contributed by atoms with Gasteiger partial charge in [0.05, 0.1) is 18.4 Å². The molecule has 124 valence electrons. The molecule has 25 heavy (non-hydrogen) atoms. The predicted molar refractivity (Wildman–Crippen MR) is 95.1 cm³/mol. The molecule has 3 aromatic rings. The molecule has 2 aromatic heterocycles. The molecule has 1 aromatic carbocycles. The van der Waals surface area contributed by atoms with Crippen LogP contribution in [0.5, 0.6) is 5.75 Å². The molecule has 6 heteroatoms. The number of hydrogen-bond acceptors (Lipinski definition) is 4. The molecule has 0 aliphatic carbocycles. The lowest BCUT2D eigenvalue weighted by Crippen LogP contribution is -2.16. The minimum atomic E-state index is -0.943. The molecular formula is C19H14N2O3S. The first-order valence-corrected chi connectivity index (χ1v) is 8.64. The summed E-state index contributed by atoms with van der Waals surface area (Å²) in [6.07, 6.45) is 0.698. The highest BCUT2D eigenvalue weighted by molar-refractivity contribution is 7.13. The second-order valence-corrected chi connectivity index (χ2v) is 6.75. The first-order chi connectivity index (χ1) is 12.1. The first kappa shape index (κ1) is 15.5. The van der Waals surface area contributed by atoms with Gasteiger partial charge >= 0.3 is 5.97 Å². The van der Waals surface area contributed by atoms with Gasteiger partial charge in [-0.2, -0.15) is 5.26 Å². The van der Waals surface area contributed by atoms with Gasteiger partial charge in [0.2, 0.25) is 0 Å². The molecule has 0 saturated carbocycles. The molecule has 0 amide bonds. The molecule has 0 unspecified atom stereocenters. The van der Waals surface area contributed by atoms with Crippen LogP contribution in [0.3, 0.4) is 0 Å². The highest BCUT2D eigenvalue weighted by Gasteiger charge is 2.27. The fourth-order valence-electron chi connectivity index (χ4n) is 3.41. The van der Waals surface area contributed by atoms with Gasteiger partial charge in [-0.3, -0.25) is 0 Å². The number of carboxylic acids is 1. The average molecular weight is 350 g/mol. The minimum absolute atomic E-state index is 0.276. The number of aromatic carboxylic acids is 1. The Morgan fingerprint density at radius 1 is 1.36 bits per heavy atom. The van der Waals surface area contributed by atoms with E-state index in [-0.39, 0.29) is 5.69 Å². The molecule has 0 spiro atoms. The number of nitriles is 1. The van der Waals surface area contributed by atoms with Gasteiger partial charge in [0, 0.05) is 22.5 Å². The molecule has 0 atom stereocenters. The quantitative estimate of drug-likeness (QED) is 0.774. The number of hydrogen-bond donors (Lipinski definition) is 1. The second kappa shape index (κ2) is 5.80. The summed E-state index contributed by atoms with van der Waals surface area (Å²) in [4.78, 5) is 12.7. The van der Waals surface area contributed by atoms with Gasteiger partial charge in [-0.05, 0) is 41.6 Å². The maximum Gasteiger partial charge on any atom is 0.352 e. The number of rotatable bonds is 3. The summed E-state index contributed by atoms with van der Waals surface area (Å²) >= 11 is 1.57. The largest absolute Gasteiger partial charge is 0.495 e. The zero-order valence-corrected chi connectivity index (χ0v) is 14.3. The Kier molecular flexibility index (Phi) is 3.59. The molecule has 0 fully saturated rings. The number of carbonyl (C=O) groups is 1. The van der Waals surface area contributed by atoms with Crippen molar-refractivity contribution in [1.82, 2.24) is 4.57 Å². The highest BCUT2D eigenvalue weighted by atomic mass is 32.1. The van der Waals surface area contributed by atoms with Crippen LogP contribution in [0.2, 0.25) is 0 Å². The molecule has 0 radical (unpaired) electrons. The van der Waals surface area contributed by atoms with Crippen LogP contribution in [0.4, 0.5) is 0 Å². The minimum Gasteiger partial charge on any atom is -0.495 e. The smallest absolute Gasteiger partial charge is 0.352 e. The SMILES string of the molecule is COc1cc2c(cc1C#N)-c1c(-c3cccs3)cc(C(=O)O)n1CC2. The number of methoxy groups -OCH3 is 1. The van der Waals surface area contributed by atoms with Gasteiger partial charge in [-0.15, -0.1) is 11.3 Å². The molecule has 1 aliphatic heterocycles. The number of carboxylic acid groups (broad SMARTS) is 1. The van der Waals surface area contributed by atoms with Crippen LogP contribution in [-0.2, 0) is 13.0 Å². The van der Waals surface area contributed by atoms with Crippen molar-refractivity contribution >= 4 is 17.3 Å². The Bertz CT molecular complexity index is 1030. The maximum atomic E-state index is 11.7. The molecule has 3 heterocycles. The molecular weight excluding hydrogens is 336 g/mol. The van der Waals surface area contributed by atoms with Crippen molar-refractivity contribution in [3.05, 3.63) is 52.5 Å². The van der Waals surface area contributed by atoms with Gasteiger partial charge in [0.15, 0.2) is 0 Å². The van der Waals surface area contributed by atoms with E-state index >= 15 is 0 Å². The summed E-state index contributed by atoms with van der Waals surface area (Å²) in [6, 6.07) is 11.5. The fourth-order valence-corrected chi connectivity index (χ4v) is 4.15. The van der Waals surface area contributed by atoms with Crippen molar-refractivity contribution in [3.8, 4) is 33.5 Å². The van der Waals surface area contributed by atoms with Crippen LogP contribution in [-0.4, -0.2) is 22.8 Å². The number of thiophene rings is 1. The number of aryl methyl sites for hydroxylation is 1. The van der Waals surface area contributed by atoms with Gasteiger partial charge < -0.3 is 14.4 Å². The molecule has 4 rings (SSSR count). The standard InChI is InChI=1S/C19H14N2O3S/c1-24-16-8-11-4-5-21-15(19(22)23)9-14(17-3-2-6-25-17)18(21)13(11)7-12(16)10-20/h2-3,6-9H,4-5H2,1H3,(H,22,23). The van der Waals surface area contributed by atoms with Crippen molar-refractivity contribution < 1.29 is 14.6 Å². The summed E-state index contributed by atoms with van der Waals surface area (Å²) in [5, 5.41) is 21.0. The summed E-state index contributed by atoms with van der Waals surface area (Å²) in [5.74, 6) is -0.390. The van der Waals surface area contributed by atoms with Crippen molar-refractivity contribution in [1.29, 1.82) is 5.26 Å². The number of ether oxygens (including phenoxy) is 1. The summed E-state index contributed by atoms with van der Waals surface area (Å²) in [6.45, 7) is 0.588. The van der Waals surface area contributed by atoms with E-state index in [1.54, 1.807) is 24.5 Å². The van der Waals surface area contributed by atoms with Gasteiger partial charge in [-0.1, -0.05) is 6.07 Å². The Morgan fingerprint density at radius 2 is 2.20 bits per heavy atom. The lowest BCUT2D eigenvalue weighted by atomic mass is 9.93. The zero-order valence-electron chi connectivity index (χ0n) is 13.4. The summed E-state index contributed by atoms with van der Waals surface area (Å²) in [5.41, 5.74) is 4.45. The van der Waals surface area contributed by atoms with Crippen molar-refractivity contribution in [2.24, 2.45) is 0 Å². The molecule has 1 aliphatic rings. The van der Waals surface area contributed by atoms with Crippen LogP contribution in [0.25, 0.3) is 21.7 Å². The Hall–Kier alpha value is -3.04. The zero-order chi connectivity index (χ0) is 17.6. The van der Waals surface area contributed by atoms with Crippen LogP contribution >= 0.6 is 11.3 Å². The third-order valence-corrected chi connectivity index (χ3v) is 5.41. The topological polar surface area (TPSA) is 75.2 Å². The summed E-state index contributed by atoms with van der Waals surface area (Å²) in [7, 11) is 1.55. The summed E-state index contributed by atoms with van der Waals surface area (Å²) < 4.78 is 7.16. The van der Waals surface area contributed by atoms with Crippen LogP contribution < -0.4 is 4.74 Å². The van der Waals surface area contributed by atoms with E-state index in [4.69, 9.17) is 4.74 Å². The molecule has 0 bridgehead atoms. The molecule has 1 N–H and O–H groups in total. The average Bonchev–Trinajstić information content (AvgIpc) is 3.27. The number of aromatic nitrogens is 1. The third-order valence-electron chi connectivity index (χ3n) is 4.51. The van der Waals surface area contributed by atoms with E-state index in [0.717, 1.165) is 27.3 Å². The predicted octanol–water partition coefficient (Wildman–Crippen LogP) is 4.02. The fraction of sp³-hybridized carbons (Fsp3) is 0.158. The van der Waals surface area contributed by atoms with Crippen LogP contribution in [0.1, 0.15) is 21.6 Å². The van der Waals surface area contributed by atoms with Crippen LogP contribution in [0, 0.1) is 11.3 Å². The van der Waals surface area contributed by atoms with Crippen molar-refractivity contribution in [2.75, 3.05) is 7.11 Å². The van der Waals surface area contributed by atoms with Crippen molar-refractivity contribution in [3.63, 3.8) is 0 Å². The molecule has 5 nitrogen and oxygen atoms in total. The number of benzene rings is 1. The van der Waals surface area contributed by atoms with Crippen LogP contribution in [0.15, 0.2) is 35.7 Å². The highest BCUT2D eigenvalue weighted by Crippen LogP contribution is 2.43. The monoisotopic (exact) mass is 350 g/mol. The molecule has 0 saturated heterocycles. The van der Waals surface area contributed by atoms with E-state index in [1.807, 2.05) is 34.2 Å². The van der Waals surface area contributed by atoms with E-state index in [2.05, 4.69) is 6.07 Å². The Morgan fingerprint density at radius 3 is 2.84 bits per heavy atom. The lowest BCUT2D eigenvalue weighted by Gasteiger charge is -2.23. The van der Waals surface area contributed by atoms with E-state index < -0.39 is 5.97 Å². The third kappa shape index (κ3) is 2.32.